The van der Waals surface area contributed by atoms with Gasteiger partial charge >= 0.3 is 0 Å². The van der Waals surface area contributed by atoms with Crippen LogP contribution in [0, 0.1) is 0 Å². The lowest BCUT2D eigenvalue weighted by Gasteiger charge is -2.39. The van der Waals surface area contributed by atoms with Crippen LogP contribution >= 0.6 is 0 Å². The van der Waals surface area contributed by atoms with E-state index in [2.05, 4.69) is 56.2 Å². The van der Waals surface area contributed by atoms with Gasteiger partial charge in [0.2, 0.25) is 5.91 Å². The maximum Gasteiger partial charge on any atom is 0.225 e. The van der Waals surface area contributed by atoms with E-state index < -0.39 is 0 Å². The highest BCUT2D eigenvalue weighted by molar-refractivity contribution is 5.92. The molecule has 1 aromatic rings. The summed E-state index contributed by atoms with van der Waals surface area (Å²) in [7, 11) is 0. The van der Waals surface area contributed by atoms with Gasteiger partial charge in [-0.05, 0) is 38.3 Å². The average Bonchev–Trinajstić information content (AvgIpc) is 2.46. The minimum absolute atomic E-state index is 0.101. The van der Waals surface area contributed by atoms with E-state index in [1.54, 1.807) is 0 Å². The molecule has 4 heteroatoms. The molecule has 0 bridgehead atoms. The zero-order chi connectivity index (χ0) is 17.0. The Morgan fingerprint density at radius 1 is 1.22 bits per heavy atom. The molecule has 0 spiro atoms. The van der Waals surface area contributed by atoms with Crippen molar-refractivity contribution in [1.29, 1.82) is 0 Å². The van der Waals surface area contributed by atoms with E-state index in [0.29, 0.717) is 24.4 Å². The Labute approximate surface area is 140 Å². The lowest BCUT2D eigenvalue weighted by atomic mass is 10.0. The monoisotopic (exact) mass is 317 g/mol. The molecule has 1 aromatic carbocycles. The van der Waals surface area contributed by atoms with Crippen LogP contribution in [-0.4, -0.2) is 42.0 Å². The van der Waals surface area contributed by atoms with Gasteiger partial charge in [0.05, 0.1) is 0 Å². The summed E-state index contributed by atoms with van der Waals surface area (Å²) in [6, 6.07) is 9.29. The summed E-state index contributed by atoms with van der Waals surface area (Å²) >= 11 is 0. The highest BCUT2D eigenvalue weighted by Crippen LogP contribution is 2.24. The number of nitrogens with one attached hydrogen (secondary N) is 2. The summed E-state index contributed by atoms with van der Waals surface area (Å²) in [5, 5.41) is 6.64. The van der Waals surface area contributed by atoms with Crippen LogP contribution in [0.1, 0.15) is 52.5 Å². The maximum atomic E-state index is 12.4. The molecular weight excluding hydrogens is 286 g/mol. The number of carbonyl (C=O) groups is 1. The Balaban J connectivity index is 1.94. The first-order valence-electron chi connectivity index (χ1n) is 8.75. The van der Waals surface area contributed by atoms with E-state index in [4.69, 9.17) is 0 Å². The van der Waals surface area contributed by atoms with Crippen molar-refractivity contribution >= 4 is 11.6 Å². The molecule has 0 aromatic heterocycles. The number of para-hydroxylation sites is 1. The molecule has 1 amide bonds. The zero-order valence-electron chi connectivity index (χ0n) is 15.1. The van der Waals surface area contributed by atoms with Gasteiger partial charge in [-0.3, -0.25) is 9.69 Å². The molecule has 1 aliphatic rings. The molecule has 2 N–H and O–H groups in total. The molecule has 2 rings (SSSR count). The van der Waals surface area contributed by atoms with E-state index >= 15 is 0 Å². The number of hydrogen-bond acceptors (Lipinski definition) is 3. The second-order valence-corrected chi connectivity index (χ2v) is 7.27. The quantitative estimate of drug-likeness (QED) is 0.876. The van der Waals surface area contributed by atoms with Gasteiger partial charge in [0.15, 0.2) is 0 Å². The van der Waals surface area contributed by atoms with Gasteiger partial charge in [-0.25, -0.2) is 0 Å². The SMILES string of the molecule is CC(C)c1ccccc1NC(=O)C[C@H](C)N1C[C@@H](C)N[C@@H](C)C1. The number of benzene rings is 1. The van der Waals surface area contributed by atoms with Crippen LogP contribution in [0.25, 0.3) is 0 Å². The lowest BCUT2D eigenvalue weighted by Crippen LogP contribution is -2.56. The highest BCUT2D eigenvalue weighted by atomic mass is 16.1. The molecule has 1 fully saturated rings. The van der Waals surface area contributed by atoms with Crippen molar-refractivity contribution < 1.29 is 4.79 Å². The van der Waals surface area contributed by atoms with Crippen molar-refractivity contribution in [2.24, 2.45) is 0 Å². The summed E-state index contributed by atoms with van der Waals surface area (Å²) in [5.74, 6) is 0.503. The van der Waals surface area contributed by atoms with Gasteiger partial charge in [0, 0.05) is 43.3 Å². The number of carbonyl (C=O) groups excluding carboxylic acids is 1. The Morgan fingerprint density at radius 2 is 1.83 bits per heavy atom. The number of nitrogens with zero attached hydrogens (tertiary/aromatic N) is 1. The summed E-state index contributed by atoms with van der Waals surface area (Å²) in [6.45, 7) is 12.9. The highest BCUT2D eigenvalue weighted by Gasteiger charge is 2.26. The summed E-state index contributed by atoms with van der Waals surface area (Å²) in [5.41, 5.74) is 2.14. The second kappa shape index (κ2) is 7.93. The van der Waals surface area contributed by atoms with E-state index in [-0.39, 0.29) is 11.9 Å². The van der Waals surface area contributed by atoms with E-state index in [9.17, 15) is 4.79 Å². The number of anilines is 1. The van der Waals surface area contributed by atoms with Crippen LogP contribution < -0.4 is 10.6 Å². The predicted octanol–water partition coefficient (Wildman–Crippen LogP) is 3.21. The van der Waals surface area contributed by atoms with Crippen molar-refractivity contribution in [1.82, 2.24) is 10.2 Å². The Hall–Kier alpha value is -1.39. The zero-order valence-corrected chi connectivity index (χ0v) is 15.1. The third kappa shape index (κ3) is 5.05. The smallest absolute Gasteiger partial charge is 0.225 e. The maximum absolute atomic E-state index is 12.4. The molecule has 1 aliphatic heterocycles. The van der Waals surface area contributed by atoms with E-state index in [0.717, 1.165) is 18.8 Å². The van der Waals surface area contributed by atoms with E-state index in [1.165, 1.54) is 5.56 Å². The number of rotatable bonds is 5. The van der Waals surface area contributed by atoms with Crippen LogP contribution in [0.3, 0.4) is 0 Å². The molecule has 23 heavy (non-hydrogen) atoms. The first-order valence-corrected chi connectivity index (χ1v) is 8.75. The van der Waals surface area contributed by atoms with Crippen molar-refractivity contribution in [3.63, 3.8) is 0 Å². The van der Waals surface area contributed by atoms with Crippen molar-refractivity contribution in [3.05, 3.63) is 29.8 Å². The molecule has 0 unspecified atom stereocenters. The standard InChI is InChI=1S/C19H31N3O/c1-13(2)17-8-6-7-9-18(17)21-19(23)10-16(5)22-11-14(3)20-15(4)12-22/h6-9,13-16,20H,10-12H2,1-5H3,(H,21,23)/t14-,15+,16-/m0/s1. The minimum atomic E-state index is 0.101. The van der Waals surface area contributed by atoms with Crippen LogP contribution in [0.4, 0.5) is 5.69 Å². The first kappa shape index (κ1) is 18.0. The van der Waals surface area contributed by atoms with Crippen LogP contribution in [0.15, 0.2) is 24.3 Å². The van der Waals surface area contributed by atoms with Crippen LogP contribution in [-0.2, 0) is 4.79 Å². The summed E-state index contributed by atoms with van der Waals surface area (Å²) < 4.78 is 0. The summed E-state index contributed by atoms with van der Waals surface area (Å²) in [6.07, 6.45) is 0.534. The molecule has 3 atom stereocenters. The average molecular weight is 317 g/mol. The largest absolute Gasteiger partial charge is 0.326 e. The number of piperazine rings is 1. The molecule has 128 valence electrons. The van der Waals surface area contributed by atoms with Gasteiger partial charge in [-0.2, -0.15) is 0 Å². The molecule has 4 nitrogen and oxygen atoms in total. The minimum Gasteiger partial charge on any atom is -0.326 e. The Morgan fingerprint density at radius 3 is 2.43 bits per heavy atom. The van der Waals surface area contributed by atoms with Gasteiger partial charge in [0.25, 0.3) is 0 Å². The molecular formula is C19H31N3O. The van der Waals surface area contributed by atoms with Gasteiger partial charge in [0.1, 0.15) is 0 Å². The lowest BCUT2D eigenvalue weighted by molar-refractivity contribution is -0.117. The summed E-state index contributed by atoms with van der Waals surface area (Å²) in [4.78, 5) is 14.9. The van der Waals surface area contributed by atoms with Gasteiger partial charge in [-0.15, -0.1) is 0 Å². The first-order chi connectivity index (χ1) is 10.9. The fraction of sp³-hybridized carbons (Fsp3) is 0.632. The Bertz CT molecular complexity index is 519. The van der Waals surface area contributed by atoms with E-state index in [1.807, 2.05) is 18.2 Å². The molecule has 0 aliphatic carbocycles. The second-order valence-electron chi connectivity index (χ2n) is 7.27. The van der Waals surface area contributed by atoms with Crippen LogP contribution in [0.2, 0.25) is 0 Å². The topological polar surface area (TPSA) is 44.4 Å². The van der Waals surface area contributed by atoms with Gasteiger partial charge in [-0.1, -0.05) is 32.0 Å². The molecule has 1 heterocycles. The molecule has 1 saturated heterocycles. The van der Waals surface area contributed by atoms with Crippen LogP contribution in [0.5, 0.6) is 0 Å². The Kier molecular flexibility index (Phi) is 6.19. The predicted molar refractivity (Wildman–Crippen MR) is 96.9 cm³/mol. The number of hydrogen-bond donors (Lipinski definition) is 2. The molecule has 0 radical (unpaired) electrons. The third-order valence-corrected chi connectivity index (χ3v) is 4.55. The number of amides is 1. The fourth-order valence-corrected chi connectivity index (χ4v) is 3.44. The van der Waals surface area contributed by atoms with Gasteiger partial charge < -0.3 is 10.6 Å². The third-order valence-electron chi connectivity index (χ3n) is 4.55. The fourth-order valence-electron chi connectivity index (χ4n) is 3.44. The van der Waals surface area contributed by atoms with Crippen molar-refractivity contribution in [2.45, 2.75) is 65.1 Å². The molecule has 0 saturated carbocycles. The van der Waals surface area contributed by atoms with Crippen molar-refractivity contribution in [3.8, 4) is 0 Å². The van der Waals surface area contributed by atoms with Crippen molar-refractivity contribution in [2.75, 3.05) is 18.4 Å². The normalized spacial score (nSPS) is 23.7.